The lowest BCUT2D eigenvalue weighted by Gasteiger charge is -2.25. The summed E-state index contributed by atoms with van der Waals surface area (Å²) in [5.74, 6) is 2.14. The van der Waals surface area contributed by atoms with E-state index in [1.165, 1.54) is 5.69 Å². The van der Waals surface area contributed by atoms with Crippen LogP contribution in [0.1, 0.15) is 12.6 Å². The fourth-order valence-electron chi connectivity index (χ4n) is 2.25. The van der Waals surface area contributed by atoms with Crippen LogP contribution in [0, 0.1) is 0 Å². The summed E-state index contributed by atoms with van der Waals surface area (Å²) in [7, 11) is 2.11. The molecule has 2 aromatic heterocycles. The number of fused-ring (bicyclic) bond motifs is 1. The lowest BCUT2D eigenvalue weighted by atomic mass is 10.2. The van der Waals surface area contributed by atoms with Crippen LogP contribution in [0.3, 0.4) is 0 Å². The van der Waals surface area contributed by atoms with Gasteiger partial charge in [-0.25, -0.2) is 4.98 Å². The smallest absolute Gasteiger partial charge is 0.151 e. The van der Waals surface area contributed by atoms with Crippen molar-refractivity contribution in [3.05, 3.63) is 30.1 Å². The Labute approximate surface area is 119 Å². The van der Waals surface area contributed by atoms with Crippen LogP contribution >= 0.6 is 11.8 Å². The molecule has 0 aliphatic carbocycles. The highest BCUT2D eigenvalue weighted by molar-refractivity contribution is 7.98. The molecule has 0 aliphatic rings. The molecule has 0 bridgehead atoms. The highest BCUT2D eigenvalue weighted by Gasteiger charge is 2.18. The monoisotopic (exact) mass is 278 g/mol. The second kappa shape index (κ2) is 6.30. The van der Waals surface area contributed by atoms with Crippen molar-refractivity contribution < 1.29 is 0 Å². The molecule has 2 rings (SSSR count). The molecule has 0 saturated carbocycles. The quantitative estimate of drug-likeness (QED) is 0.878. The minimum atomic E-state index is 0.455. The topological polar surface area (TPSA) is 46.6 Å². The number of rotatable bonds is 6. The van der Waals surface area contributed by atoms with E-state index in [4.69, 9.17) is 10.7 Å². The maximum Gasteiger partial charge on any atom is 0.151 e. The van der Waals surface area contributed by atoms with Gasteiger partial charge in [0.2, 0.25) is 0 Å². The zero-order valence-corrected chi connectivity index (χ0v) is 12.7. The molecule has 2 aromatic rings. The predicted molar refractivity (Wildman–Crippen MR) is 84.2 cm³/mol. The number of nitrogens with zero attached hydrogens (tertiary/aromatic N) is 3. The van der Waals surface area contributed by atoms with Gasteiger partial charge in [-0.1, -0.05) is 6.07 Å². The van der Waals surface area contributed by atoms with Crippen LogP contribution < -0.4 is 10.6 Å². The lowest BCUT2D eigenvalue weighted by molar-refractivity contribution is 0.747. The molecule has 0 spiro atoms. The van der Waals surface area contributed by atoms with Crippen LogP contribution in [0.15, 0.2) is 24.4 Å². The summed E-state index contributed by atoms with van der Waals surface area (Å²) in [6.07, 6.45) is 5.04. The van der Waals surface area contributed by atoms with Gasteiger partial charge in [-0.2, -0.15) is 11.8 Å². The van der Waals surface area contributed by atoms with Gasteiger partial charge in [0.25, 0.3) is 0 Å². The largest absolute Gasteiger partial charge is 0.355 e. The van der Waals surface area contributed by atoms with E-state index in [1.807, 2.05) is 30.0 Å². The summed E-state index contributed by atoms with van der Waals surface area (Å²) in [4.78, 5) is 7.02. The number of pyridine rings is 1. The molecular formula is C14H22N4S. The molecule has 0 aliphatic heterocycles. The predicted octanol–water partition coefficient (Wildman–Crippen LogP) is 2.02. The first-order chi connectivity index (χ1) is 9.19. The average Bonchev–Trinajstić information content (AvgIpc) is 2.78. The maximum absolute atomic E-state index is 5.75. The van der Waals surface area contributed by atoms with Gasteiger partial charge in [-0.05, 0) is 31.9 Å². The second-order valence-corrected chi connectivity index (χ2v) is 5.68. The maximum atomic E-state index is 5.75. The van der Waals surface area contributed by atoms with Crippen molar-refractivity contribution in [3.8, 4) is 0 Å². The summed E-state index contributed by atoms with van der Waals surface area (Å²) in [6.45, 7) is 2.87. The summed E-state index contributed by atoms with van der Waals surface area (Å²) < 4.78 is 2.14. The number of anilines is 1. The number of aromatic nitrogens is 2. The molecule has 19 heavy (non-hydrogen) atoms. The van der Waals surface area contributed by atoms with E-state index in [1.54, 1.807) is 0 Å². The fraction of sp³-hybridized carbons (Fsp3) is 0.500. The third-order valence-electron chi connectivity index (χ3n) is 3.39. The zero-order chi connectivity index (χ0) is 13.8. The molecule has 2 heterocycles. The SMILES string of the molecule is CSCC(C)N(C)c1nc2ccccn2c1CCN. The standard InChI is InChI=1S/C14H22N4S/c1-11(10-19-3)17(2)14-12(7-8-15)18-9-5-4-6-13(18)16-14/h4-6,9,11H,7-8,10,15H2,1-3H3. The van der Waals surface area contributed by atoms with Crippen LogP contribution in [0.2, 0.25) is 0 Å². The van der Waals surface area contributed by atoms with Crippen molar-refractivity contribution in [2.24, 2.45) is 5.73 Å². The molecule has 5 heteroatoms. The van der Waals surface area contributed by atoms with E-state index in [-0.39, 0.29) is 0 Å². The highest BCUT2D eigenvalue weighted by Crippen LogP contribution is 2.23. The van der Waals surface area contributed by atoms with Crippen molar-refractivity contribution in [3.63, 3.8) is 0 Å². The summed E-state index contributed by atoms with van der Waals surface area (Å²) in [5.41, 5.74) is 7.94. The molecule has 0 radical (unpaired) electrons. The van der Waals surface area contributed by atoms with Gasteiger partial charge in [0.1, 0.15) is 5.65 Å². The van der Waals surface area contributed by atoms with Gasteiger partial charge in [0.05, 0.1) is 5.69 Å². The summed E-state index contributed by atoms with van der Waals surface area (Å²) >= 11 is 1.86. The van der Waals surface area contributed by atoms with Crippen molar-refractivity contribution in [2.75, 3.05) is 30.5 Å². The van der Waals surface area contributed by atoms with E-state index in [0.717, 1.165) is 23.6 Å². The van der Waals surface area contributed by atoms with E-state index in [2.05, 4.69) is 35.7 Å². The molecule has 0 amide bonds. The molecule has 0 fully saturated rings. The first-order valence-corrected chi connectivity index (χ1v) is 7.96. The van der Waals surface area contributed by atoms with Gasteiger partial charge < -0.3 is 15.0 Å². The van der Waals surface area contributed by atoms with Crippen LogP contribution in [0.5, 0.6) is 0 Å². The van der Waals surface area contributed by atoms with Crippen molar-refractivity contribution >= 4 is 23.2 Å². The molecular weight excluding hydrogens is 256 g/mol. The molecule has 0 saturated heterocycles. The molecule has 104 valence electrons. The van der Waals surface area contributed by atoms with Gasteiger partial charge in [0, 0.05) is 31.5 Å². The minimum Gasteiger partial charge on any atom is -0.355 e. The van der Waals surface area contributed by atoms with Gasteiger partial charge in [-0.15, -0.1) is 0 Å². The van der Waals surface area contributed by atoms with E-state index >= 15 is 0 Å². The molecule has 4 nitrogen and oxygen atoms in total. The Bertz CT molecular complexity index is 537. The number of hydrogen-bond donors (Lipinski definition) is 1. The first-order valence-electron chi connectivity index (χ1n) is 6.56. The number of imidazole rings is 1. The van der Waals surface area contributed by atoms with Gasteiger partial charge in [-0.3, -0.25) is 0 Å². The highest BCUT2D eigenvalue weighted by atomic mass is 32.2. The average molecular weight is 278 g/mol. The van der Waals surface area contributed by atoms with Crippen LogP contribution in [0.4, 0.5) is 5.82 Å². The first kappa shape index (κ1) is 14.2. The second-order valence-electron chi connectivity index (χ2n) is 4.76. The van der Waals surface area contributed by atoms with E-state index in [9.17, 15) is 0 Å². The van der Waals surface area contributed by atoms with E-state index in [0.29, 0.717) is 12.6 Å². The van der Waals surface area contributed by atoms with Crippen molar-refractivity contribution in [1.82, 2.24) is 9.38 Å². The Hall–Kier alpha value is -1.20. The molecule has 2 N–H and O–H groups in total. The van der Waals surface area contributed by atoms with Gasteiger partial charge >= 0.3 is 0 Å². The summed E-state index contributed by atoms with van der Waals surface area (Å²) in [6, 6.07) is 6.54. The normalized spacial score (nSPS) is 12.8. The van der Waals surface area contributed by atoms with Crippen molar-refractivity contribution in [2.45, 2.75) is 19.4 Å². The van der Waals surface area contributed by atoms with Gasteiger partial charge in [0.15, 0.2) is 5.82 Å². The Morgan fingerprint density at radius 2 is 2.26 bits per heavy atom. The lowest BCUT2D eigenvalue weighted by Crippen LogP contribution is -2.32. The van der Waals surface area contributed by atoms with Crippen LogP contribution in [-0.4, -0.2) is 41.0 Å². The minimum absolute atomic E-state index is 0.455. The zero-order valence-electron chi connectivity index (χ0n) is 11.8. The molecule has 1 atom stereocenters. The number of hydrogen-bond acceptors (Lipinski definition) is 4. The number of nitrogens with two attached hydrogens (primary N) is 1. The molecule has 0 aromatic carbocycles. The fourth-order valence-corrected chi connectivity index (χ4v) is 2.95. The van der Waals surface area contributed by atoms with Crippen LogP contribution in [0.25, 0.3) is 5.65 Å². The Kier molecular flexibility index (Phi) is 4.71. The Balaban J connectivity index is 2.43. The Morgan fingerprint density at radius 1 is 1.47 bits per heavy atom. The Morgan fingerprint density at radius 3 is 2.95 bits per heavy atom. The third kappa shape index (κ3) is 2.87. The molecule has 1 unspecified atom stereocenters. The van der Waals surface area contributed by atoms with Crippen molar-refractivity contribution in [1.29, 1.82) is 0 Å². The van der Waals surface area contributed by atoms with Crippen LogP contribution in [-0.2, 0) is 6.42 Å². The summed E-state index contributed by atoms with van der Waals surface area (Å²) in [5, 5.41) is 0. The number of thioether (sulfide) groups is 1. The van der Waals surface area contributed by atoms with E-state index < -0.39 is 0 Å². The third-order valence-corrected chi connectivity index (χ3v) is 4.21.